The lowest BCUT2D eigenvalue weighted by atomic mass is 10.1. The molecule has 4 heteroatoms. The molecule has 0 saturated carbocycles. The van der Waals surface area contributed by atoms with Crippen LogP contribution in [0.2, 0.25) is 5.02 Å². The maximum absolute atomic E-state index is 13.2. The number of benzene rings is 1. The highest BCUT2D eigenvalue weighted by atomic mass is 35.5. The molecule has 1 aromatic rings. The van der Waals surface area contributed by atoms with Crippen molar-refractivity contribution in [2.45, 2.75) is 13.3 Å². The van der Waals surface area contributed by atoms with Crippen LogP contribution in [0.4, 0.5) is 8.78 Å². The fourth-order valence-electron chi connectivity index (χ4n) is 1.03. The summed E-state index contributed by atoms with van der Waals surface area (Å²) < 4.78 is 26.3. The third-order valence-electron chi connectivity index (χ3n) is 1.68. The van der Waals surface area contributed by atoms with Gasteiger partial charge >= 0.3 is 0 Å². The molecular weight excluding hydrogens is 196 g/mol. The summed E-state index contributed by atoms with van der Waals surface area (Å²) in [6, 6.07) is 2.88. The Hall–Kier alpha value is -1.14. The Bertz CT molecular complexity index is 356. The molecule has 0 aliphatic rings. The van der Waals surface area contributed by atoms with Crippen molar-refractivity contribution >= 4 is 11.6 Å². The molecular formula is C9H6ClF2N. The van der Waals surface area contributed by atoms with Crippen LogP contribution in [-0.2, 0) is 6.42 Å². The van der Waals surface area contributed by atoms with E-state index in [4.69, 9.17) is 16.9 Å². The topological polar surface area (TPSA) is 23.8 Å². The summed E-state index contributed by atoms with van der Waals surface area (Å²) in [6.45, 7) is 1.47. The monoisotopic (exact) mass is 201 g/mol. The van der Waals surface area contributed by atoms with Crippen molar-refractivity contribution in [2.24, 2.45) is 0 Å². The molecule has 0 fully saturated rings. The Morgan fingerprint density at radius 3 is 2.62 bits per heavy atom. The van der Waals surface area contributed by atoms with Crippen LogP contribution < -0.4 is 0 Å². The Balaban J connectivity index is 3.39. The van der Waals surface area contributed by atoms with Gasteiger partial charge in [0.25, 0.3) is 0 Å². The minimum absolute atomic E-state index is 0.149. The van der Waals surface area contributed by atoms with Gasteiger partial charge in [-0.2, -0.15) is 5.26 Å². The fraction of sp³-hybridized carbons (Fsp3) is 0.222. The summed E-state index contributed by atoms with van der Waals surface area (Å²) in [4.78, 5) is 0. The Kier molecular flexibility index (Phi) is 2.84. The first kappa shape index (κ1) is 9.94. The quantitative estimate of drug-likeness (QED) is 0.641. The summed E-state index contributed by atoms with van der Waals surface area (Å²) in [5.41, 5.74) is -0.0100. The van der Waals surface area contributed by atoms with Gasteiger partial charge in [0.05, 0.1) is 17.5 Å². The lowest BCUT2D eigenvalue weighted by molar-refractivity contribution is 0.558. The summed E-state index contributed by atoms with van der Waals surface area (Å²) in [5, 5.41) is 8.18. The third-order valence-corrected chi connectivity index (χ3v) is 1.96. The zero-order valence-electron chi connectivity index (χ0n) is 6.87. The largest absolute Gasteiger partial charge is 0.206 e. The average Bonchev–Trinajstić information content (AvgIpc) is 2.09. The van der Waals surface area contributed by atoms with Gasteiger partial charge in [-0.05, 0) is 18.6 Å². The van der Waals surface area contributed by atoms with Crippen molar-refractivity contribution in [3.63, 3.8) is 0 Å². The number of nitriles is 1. The predicted molar refractivity (Wildman–Crippen MR) is 45.4 cm³/mol. The molecule has 0 aromatic heterocycles. The average molecular weight is 202 g/mol. The summed E-state index contributed by atoms with van der Waals surface area (Å²) in [5.74, 6) is -1.53. The van der Waals surface area contributed by atoms with Crippen LogP contribution in [0.1, 0.15) is 11.1 Å². The Morgan fingerprint density at radius 2 is 2.08 bits per heavy atom. The van der Waals surface area contributed by atoms with Crippen molar-refractivity contribution in [2.75, 3.05) is 0 Å². The molecule has 0 N–H and O–H groups in total. The van der Waals surface area contributed by atoms with E-state index < -0.39 is 11.6 Å². The summed E-state index contributed by atoms with van der Waals surface area (Å²) >= 11 is 5.48. The fourth-order valence-corrected chi connectivity index (χ4v) is 1.31. The molecule has 1 nitrogen and oxygen atoms in total. The number of hydrogen-bond acceptors (Lipinski definition) is 1. The molecule has 0 spiro atoms. The molecule has 68 valence electrons. The van der Waals surface area contributed by atoms with E-state index in [2.05, 4.69) is 0 Å². The highest BCUT2D eigenvalue weighted by molar-refractivity contribution is 6.30. The van der Waals surface area contributed by atoms with Crippen LogP contribution in [0.3, 0.4) is 0 Å². The number of halogens is 3. The zero-order chi connectivity index (χ0) is 10.0. The zero-order valence-corrected chi connectivity index (χ0v) is 7.62. The van der Waals surface area contributed by atoms with E-state index in [0.29, 0.717) is 0 Å². The SMILES string of the molecule is Cc1cc(Cl)c(F)c(CC#N)c1F. The van der Waals surface area contributed by atoms with Gasteiger partial charge in [-0.25, -0.2) is 8.78 Å². The first-order chi connectivity index (χ1) is 6.07. The molecule has 1 aromatic carbocycles. The predicted octanol–water partition coefficient (Wildman–Crippen LogP) is 2.99. The lowest BCUT2D eigenvalue weighted by Crippen LogP contribution is -1.98. The molecule has 0 aliphatic carbocycles. The van der Waals surface area contributed by atoms with Crippen molar-refractivity contribution in [1.29, 1.82) is 5.26 Å². The van der Waals surface area contributed by atoms with E-state index >= 15 is 0 Å². The minimum Gasteiger partial charge on any atom is -0.206 e. The van der Waals surface area contributed by atoms with Gasteiger partial charge in [0.2, 0.25) is 0 Å². The Morgan fingerprint density at radius 1 is 1.46 bits per heavy atom. The first-order valence-corrected chi connectivity index (χ1v) is 3.95. The van der Waals surface area contributed by atoms with E-state index in [1.165, 1.54) is 13.0 Å². The van der Waals surface area contributed by atoms with E-state index in [0.717, 1.165) is 0 Å². The van der Waals surface area contributed by atoms with E-state index in [9.17, 15) is 8.78 Å². The third kappa shape index (κ3) is 1.78. The van der Waals surface area contributed by atoms with Crippen LogP contribution in [0.15, 0.2) is 6.07 Å². The summed E-state index contributed by atoms with van der Waals surface area (Å²) in [7, 11) is 0. The number of hydrogen-bond donors (Lipinski definition) is 0. The molecule has 13 heavy (non-hydrogen) atoms. The van der Waals surface area contributed by atoms with Gasteiger partial charge in [0.1, 0.15) is 11.6 Å². The van der Waals surface area contributed by atoms with Gasteiger partial charge in [-0.1, -0.05) is 11.6 Å². The van der Waals surface area contributed by atoms with Crippen molar-refractivity contribution in [3.05, 3.63) is 33.9 Å². The normalized spacial score (nSPS) is 9.77. The number of rotatable bonds is 1. The van der Waals surface area contributed by atoms with Crippen molar-refractivity contribution in [1.82, 2.24) is 0 Å². The van der Waals surface area contributed by atoms with E-state index in [-0.39, 0.29) is 22.6 Å². The minimum atomic E-state index is -0.841. The maximum atomic E-state index is 13.2. The second-order valence-electron chi connectivity index (χ2n) is 2.62. The van der Waals surface area contributed by atoms with E-state index in [1.54, 1.807) is 6.07 Å². The first-order valence-electron chi connectivity index (χ1n) is 3.58. The van der Waals surface area contributed by atoms with E-state index in [1.807, 2.05) is 0 Å². The van der Waals surface area contributed by atoms with Crippen LogP contribution in [0.5, 0.6) is 0 Å². The van der Waals surface area contributed by atoms with Crippen LogP contribution >= 0.6 is 11.6 Å². The van der Waals surface area contributed by atoms with Gasteiger partial charge < -0.3 is 0 Å². The molecule has 0 amide bonds. The molecule has 1 rings (SSSR count). The molecule has 0 aliphatic heterocycles. The van der Waals surface area contributed by atoms with Gasteiger partial charge in [0.15, 0.2) is 0 Å². The van der Waals surface area contributed by atoms with Crippen molar-refractivity contribution < 1.29 is 8.78 Å². The number of aryl methyl sites for hydroxylation is 1. The summed E-state index contributed by atoms with van der Waals surface area (Å²) in [6.07, 6.45) is -0.306. The smallest absolute Gasteiger partial charge is 0.148 e. The van der Waals surface area contributed by atoms with Gasteiger partial charge in [-0.3, -0.25) is 0 Å². The second-order valence-corrected chi connectivity index (χ2v) is 3.02. The molecule has 0 atom stereocenters. The van der Waals surface area contributed by atoms with Crippen LogP contribution in [0.25, 0.3) is 0 Å². The van der Waals surface area contributed by atoms with Crippen LogP contribution in [0, 0.1) is 29.9 Å². The molecule has 0 radical (unpaired) electrons. The standard InChI is InChI=1S/C9H6ClF2N/c1-5-4-7(10)9(12)6(2-3-13)8(5)11/h4H,2H2,1H3. The Labute approximate surface area is 79.6 Å². The highest BCUT2D eigenvalue weighted by Gasteiger charge is 2.14. The van der Waals surface area contributed by atoms with Gasteiger partial charge in [-0.15, -0.1) is 0 Å². The molecule has 0 bridgehead atoms. The van der Waals surface area contributed by atoms with Crippen LogP contribution in [-0.4, -0.2) is 0 Å². The number of nitrogens with zero attached hydrogens (tertiary/aromatic N) is 1. The van der Waals surface area contributed by atoms with Crippen molar-refractivity contribution in [3.8, 4) is 6.07 Å². The maximum Gasteiger partial charge on any atom is 0.148 e. The second kappa shape index (κ2) is 3.71. The van der Waals surface area contributed by atoms with Gasteiger partial charge in [0, 0.05) is 5.56 Å². The molecule has 0 unspecified atom stereocenters. The molecule has 0 heterocycles. The highest BCUT2D eigenvalue weighted by Crippen LogP contribution is 2.24. The molecule has 0 saturated heterocycles. The lowest BCUT2D eigenvalue weighted by Gasteiger charge is -2.05.